The molecular weight excluding hydrogens is 504 g/mol. The van der Waals surface area contributed by atoms with Gasteiger partial charge in [-0.25, -0.2) is 0 Å². The zero-order valence-electron chi connectivity index (χ0n) is 23.5. The first kappa shape index (κ1) is 28.4. The number of carbonyl (C=O) groups is 4. The summed E-state index contributed by atoms with van der Waals surface area (Å²) in [7, 11) is 0. The maximum atomic E-state index is 13.4. The number of amides is 2. The molecule has 2 saturated heterocycles. The number of Topliss-reactive ketones (excluding diaryl/α,β-unsaturated/α-hetero) is 2. The Balaban J connectivity index is 1.17. The molecule has 8 nitrogen and oxygen atoms in total. The molecule has 1 aromatic carbocycles. The fraction of sp³-hybridized carbons (Fsp3) is 0.562. The number of rotatable bonds is 8. The molecule has 2 aliphatic heterocycles. The molecule has 0 spiro atoms. The van der Waals surface area contributed by atoms with E-state index in [4.69, 9.17) is 0 Å². The normalized spacial score (nSPS) is 23.9. The Morgan fingerprint density at radius 2 is 1.25 bits per heavy atom. The number of ketones is 2. The van der Waals surface area contributed by atoms with Crippen molar-refractivity contribution < 1.29 is 19.2 Å². The Labute approximate surface area is 237 Å². The van der Waals surface area contributed by atoms with E-state index in [1.807, 2.05) is 0 Å². The van der Waals surface area contributed by atoms with E-state index in [-0.39, 0.29) is 23.4 Å². The average Bonchev–Trinajstić information content (AvgIpc) is 3.39. The average molecular weight is 547 g/mol. The van der Waals surface area contributed by atoms with Gasteiger partial charge in [0.25, 0.3) is 0 Å². The van der Waals surface area contributed by atoms with E-state index in [0.717, 1.165) is 39.3 Å². The number of hydrogen-bond acceptors (Lipinski definition) is 6. The molecule has 214 valence electrons. The summed E-state index contributed by atoms with van der Waals surface area (Å²) >= 11 is 0. The molecule has 0 aromatic heterocycles. The minimum absolute atomic E-state index is 0.0789. The van der Waals surface area contributed by atoms with Gasteiger partial charge >= 0.3 is 0 Å². The van der Waals surface area contributed by atoms with Crippen molar-refractivity contribution >= 4 is 29.1 Å². The number of likely N-dealkylation sites (tertiary alicyclic amines) is 2. The SMILES string of the molecule is O=C(CCN1CCCCCC1)NC1=CC2C(=O)c3ccc(NC(=O)CCN4CCCCCC4)cc3C(=O)C2C=C1. The van der Waals surface area contributed by atoms with Crippen molar-refractivity contribution in [2.45, 2.75) is 64.2 Å². The Morgan fingerprint density at radius 3 is 1.85 bits per heavy atom. The summed E-state index contributed by atoms with van der Waals surface area (Å²) in [5.74, 6) is -1.69. The molecule has 4 aliphatic rings. The van der Waals surface area contributed by atoms with Gasteiger partial charge in [0.15, 0.2) is 11.6 Å². The smallest absolute Gasteiger partial charge is 0.225 e. The lowest BCUT2D eigenvalue weighted by molar-refractivity contribution is -0.120. The second kappa shape index (κ2) is 13.5. The van der Waals surface area contributed by atoms with Gasteiger partial charge in [-0.05, 0) is 82.2 Å². The van der Waals surface area contributed by atoms with Gasteiger partial charge in [0, 0.05) is 48.4 Å². The maximum absolute atomic E-state index is 13.4. The zero-order chi connectivity index (χ0) is 27.9. The highest BCUT2D eigenvalue weighted by Gasteiger charge is 2.40. The molecule has 0 saturated carbocycles. The third kappa shape index (κ3) is 7.15. The molecule has 2 unspecified atom stereocenters. The molecule has 2 atom stereocenters. The standard InChI is InChI=1S/C32H42N4O4/c37-29(13-19-35-15-5-1-2-6-16-35)33-23-9-11-25-27(21-23)31(39)26-12-10-24(22-28(26)32(25)40)34-30(38)14-20-36-17-7-3-4-8-18-36/h9-12,21-22,25,27H,1-8,13-20H2,(H,33,37)(H,34,38). The lowest BCUT2D eigenvalue weighted by atomic mass is 9.72. The van der Waals surface area contributed by atoms with Crippen LogP contribution >= 0.6 is 0 Å². The number of benzene rings is 1. The highest BCUT2D eigenvalue weighted by atomic mass is 16.2. The topological polar surface area (TPSA) is 98.8 Å². The Hall–Kier alpha value is -3.10. The summed E-state index contributed by atoms with van der Waals surface area (Å²) in [6.45, 7) is 5.62. The zero-order valence-corrected chi connectivity index (χ0v) is 23.5. The van der Waals surface area contributed by atoms with Gasteiger partial charge in [-0.2, -0.15) is 0 Å². The lowest BCUT2D eigenvalue weighted by Gasteiger charge is -2.30. The molecule has 0 radical (unpaired) electrons. The molecule has 0 bridgehead atoms. The second-order valence-corrected chi connectivity index (χ2v) is 11.6. The fourth-order valence-corrected chi connectivity index (χ4v) is 6.34. The number of hydrogen-bond donors (Lipinski definition) is 2. The number of nitrogens with zero attached hydrogens (tertiary/aromatic N) is 2. The summed E-state index contributed by atoms with van der Waals surface area (Å²) in [6.07, 6.45) is 15.7. The van der Waals surface area contributed by atoms with Gasteiger partial charge in [0.2, 0.25) is 11.8 Å². The summed E-state index contributed by atoms with van der Waals surface area (Å²) in [5.41, 5.74) is 1.82. The van der Waals surface area contributed by atoms with Gasteiger partial charge in [-0.3, -0.25) is 19.2 Å². The number of nitrogens with one attached hydrogen (secondary N) is 2. The van der Waals surface area contributed by atoms with Crippen LogP contribution in [0.1, 0.15) is 84.9 Å². The van der Waals surface area contributed by atoms with Crippen LogP contribution in [0.15, 0.2) is 42.1 Å². The van der Waals surface area contributed by atoms with Crippen LogP contribution in [0.5, 0.6) is 0 Å². The van der Waals surface area contributed by atoms with Crippen LogP contribution in [0.4, 0.5) is 5.69 Å². The second-order valence-electron chi connectivity index (χ2n) is 11.6. The van der Waals surface area contributed by atoms with E-state index in [1.165, 1.54) is 51.4 Å². The quantitative estimate of drug-likeness (QED) is 0.503. The number of anilines is 1. The lowest BCUT2D eigenvalue weighted by Crippen LogP contribution is -2.37. The van der Waals surface area contributed by atoms with Gasteiger partial charge in [0.05, 0.1) is 11.8 Å². The first-order chi connectivity index (χ1) is 19.5. The molecule has 40 heavy (non-hydrogen) atoms. The number of allylic oxidation sites excluding steroid dienone is 3. The highest BCUT2D eigenvalue weighted by molar-refractivity contribution is 6.18. The van der Waals surface area contributed by atoms with E-state index in [1.54, 1.807) is 36.4 Å². The summed E-state index contributed by atoms with van der Waals surface area (Å²) in [5, 5.41) is 5.84. The van der Waals surface area contributed by atoms with Crippen molar-refractivity contribution in [1.82, 2.24) is 15.1 Å². The molecule has 2 fully saturated rings. The van der Waals surface area contributed by atoms with E-state index in [9.17, 15) is 19.2 Å². The minimum atomic E-state index is -0.639. The van der Waals surface area contributed by atoms with Gasteiger partial charge in [0.1, 0.15) is 0 Å². The molecule has 2 aliphatic carbocycles. The van der Waals surface area contributed by atoms with Crippen LogP contribution < -0.4 is 10.6 Å². The van der Waals surface area contributed by atoms with Crippen molar-refractivity contribution in [1.29, 1.82) is 0 Å². The predicted molar refractivity (Wildman–Crippen MR) is 155 cm³/mol. The van der Waals surface area contributed by atoms with Gasteiger partial charge in [-0.1, -0.05) is 31.8 Å². The molecule has 2 amide bonds. The van der Waals surface area contributed by atoms with Gasteiger partial charge < -0.3 is 20.4 Å². The number of carbonyl (C=O) groups excluding carboxylic acids is 4. The largest absolute Gasteiger partial charge is 0.326 e. The van der Waals surface area contributed by atoms with E-state index in [0.29, 0.717) is 35.4 Å². The van der Waals surface area contributed by atoms with Crippen molar-refractivity contribution in [3.05, 3.63) is 53.3 Å². The first-order valence-corrected chi connectivity index (χ1v) is 15.1. The summed E-state index contributed by atoms with van der Waals surface area (Å²) in [4.78, 5) is 56.7. The maximum Gasteiger partial charge on any atom is 0.225 e. The third-order valence-corrected chi connectivity index (χ3v) is 8.66. The van der Waals surface area contributed by atoms with Crippen LogP contribution in [0.3, 0.4) is 0 Å². The Bertz CT molecular complexity index is 1170. The summed E-state index contributed by atoms with van der Waals surface area (Å²) < 4.78 is 0. The van der Waals surface area contributed by atoms with Crippen LogP contribution in [-0.2, 0) is 9.59 Å². The van der Waals surface area contributed by atoms with Crippen molar-refractivity contribution in [2.75, 3.05) is 44.6 Å². The summed E-state index contributed by atoms with van der Waals surface area (Å²) in [6, 6.07) is 4.97. The van der Waals surface area contributed by atoms with Crippen LogP contribution in [0, 0.1) is 11.8 Å². The van der Waals surface area contributed by atoms with Crippen LogP contribution in [0.25, 0.3) is 0 Å². The van der Waals surface area contributed by atoms with E-state index >= 15 is 0 Å². The van der Waals surface area contributed by atoms with Crippen molar-refractivity contribution in [3.63, 3.8) is 0 Å². The monoisotopic (exact) mass is 546 g/mol. The number of fused-ring (bicyclic) bond motifs is 2. The molecule has 2 heterocycles. The molecule has 1 aromatic rings. The van der Waals surface area contributed by atoms with E-state index < -0.39 is 11.8 Å². The fourth-order valence-electron chi connectivity index (χ4n) is 6.34. The van der Waals surface area contributed by atoms with Crippen LogP contribution in [0.2, 0.25) is 0 Å². The third-order valence-electron chi connectivity index (χ3n) is 8.66. The molecule has 8 heteroatoms. The molecular formula is C32H42N4O4. The van der Waals surface area contributed by atoms with Crippen LogP contribution in [-0.4, -0.2) is 72.4 Å². The van der Waals surface area contributed by atoms with E-state index in [2.05, 4.69) is 20.4 Å². The first-order valence-electron chi connectivity index (χ1n) is 15.1. The van der Waals surface area contributed by atoms with Crippen molar-refractivity contribution in [2.24, 2.45) is 11.8 Å². The Kier molecular flexibility index (Phi) is 9.60. The van der Waals surface area contributed by atoms with Gasteiger partial charge in [-0.15, -0.1) is 0 Å². The molecule has 2 N–H and O–H groups in total. The highest BCUT2D eigenvalue weighted by Crippen LogP contribution is 2.36. The molecule has 5 rings (SSSR count). The minimum Gasteiger partial charge on any atom is -0.326 e. The Morgan fingerprint density at radius 1 is 0.700 bits per heavy atom. The predicted octanol–water partition coefficient (Wildman–Crippen LogP) is 4.34. The van der Waals surface area contributed by atoms with Crippen molar-refractivity contribution in [3.8, 4) is 0 Å².